The predicted octanol–water partition coefficient (Wildman–Crippen LogP) is 3.10. The molecule has 0 atom stereocenters. The van der Waals surface area contributed by atoms with Crippen molar-refractivity contribution in [2.45, 2.75) is 19.9 Å². The Kier molecular flexibility index (Phi) is 4.82. The Labute approximate surface area is 117 Å². The van der Waals surface area contributed by atoms with E-state index >= 15 is 0 Å². The minimum atomic E-state index is -0.975. The largest absolute Gasteiger partial charge is 0.465 e. The van der Waals surface area contributed by atoms with Crippen LogP contribution in [0.3, 0.4) is 0 Å². The number of nitrogens with one attached hydrogen (secondary N) is 1. The van der Waals surface area contributed by atoms with Crippen molar-refractivity contribution in [3.63, 3.8) is 0 Å². The quantitative estimate of drug-likeness (QED) is 0.519. The van der Waals surface area contributed by atoms with Crippen LogP contribution < -0.4 is 5.32 Å². The van der Waals surface area contributed by atoms with Crippen molar-refractivity contribution in [3.8, 4) is 0 Å². The van der Waals surface area contributed by atoms with Gasteiger partial charge in [-0.25, -0.2) is 9.18 Å². The molecular weight excluding hydrogens is 323 g/mol. The Balaban J connectivity index is 3.53. The molecule has 0 amide bonds. The summed E-state index contributed by atoms with van der Waals surface area (Å²) < 4.78 is 18.2. The molecule has 0 heterocycles. The lowest BCUT2D eigenvalue weighted by atomic mass is 10.1. The number of hydrogen-bond acceptors (Lipinski definition) is 5. The van der Waals surface area contributed by atoms with Gasteiger partial charge in [0.25, 0.3) is 5.69 Å². The average Bonchev–Trinajstić information content (AvgIpc) is 2.33. The molecule has 0 aliphatic heterocycles. The van der Waals surface area contributed by atoms with Gasteiger partial charge in [0.1, 0.15) is 11.3 Å². The summed E-state index contributed by atoms with van der Waals surface area (Å²) in [5.74, 6) is -1.88. The number of hydrogen-bond donors (Lipinski definition) is 1. The highest BCUT2D eigenvalue weighted by Crippen LogP contribution is 2.37. The van der Waals surface area contributed by atoms with E-state index in [4.69, 9.17) is 0 Å². The summed E-state index contributed by atoms with van der Waals surface area (Å²) in [7, 11) is 1.07. The smallest absolute Gasteiger partial charge is 0.341 e. The molecule has 0 aliphatic rings. The van der Waals surface area contributed by atoms with Crippen molar-refractivity contribution in [1.29, 1.82) is 0 Å². The van der Waals surface area contributed by atoms with Gasteiger partial charge in [0.15, 0.2) is 5.82 Å². The summed E-state index contributed by atoms with van der Waals surface area (Å²) in [4.78, 5) is 21.7. The number of rotatable bonds is 4. The summed E-state index contributed by atoms with van der Waals surface area (Å²) in [6.45, 7) is 3.50. The van der Waals surface area contributed by atoms with Crippen molar-refractivity contribution < 1.29 is 18.8 Å². The first kappa shape index (κ1) is 15.4. The number of carbonyl (C=O) groups is 1. The van der Waals surface area contributed by atoms with Crippen LogP contribution in [0.2, 0.25) is 0 Å². The van der Waals surface area contributed by atoms with Crippen LogP contribution in [-0.2, 0) is 4.74 Å². The topological polar surface area (TPSA) is 81.5 Å². The fourth-order valence-corrected chi connectivity index (χ4v) is 1.97. The van der Waals surface area contributed by atoms with E-state index in [0.29, 0.717) is 0 Å². The lowest BCUT2D eigenvalue weighted by molar-refractivity contribution is -0.384. The van der Waals surface area contributed by atoms with E-state index in [9.17, 15) is 19.3 Å². The highest BCUT2D eigenvalue weighted by atomic mass is 79.9. The number of carbonyl (C=O) groups excluding carboxylic acids is 1. The van der Waals surface area contributed by atoms with Gasteiger partial charge in [0.2, 0.25) is 0 Å². The second-order valence-electron chi connectivity index (χ2n) is 3.99. The Hall–Kier alpha value is -1.70. The molecule has 0 aliphatic carbocycles. The summed E-state index contributed by atoms with van der Waals surface area (Å²) in [5.41, 5.74) is -0.900. The standard InChI is InChI=1S/C11H12BrFN2O4/c1-5(2)14-10-7(15(17)18)4-6(11(16)19-3)9(13)8(10)12/h4-5,14H,1-3H3. The van der Waals surface area contributed by atoms with Gasteiger partial charge in [-0.2, -0.15) is 0 Å². The maximum atomic E-state index is 14.0. The van der Waals surface area contributed by atoms with Crippen LogP contribution in [0.1, 0.15) is 24.2 Å². The van der Waals surface area contributed by atoms with Gasteiger partial charge in [-0.15, -0.1) is 0 Å². The van der Waals surface area contributed by atoms with Gasteiger partial charge in [-0.3, -0.25) is 10.1 Å². The average molecular weight is 335 g/mol. The van der Waals surface area contributed by atoms with Gasteiger partial charge >= 0.3 is 5.97 Å². The predicted molar refractivity (Wildman–Crippen MR) is 70.9 cm³/mol. The number of methoxy groups -OCH3 is 1. The van der Waals surface area contributed by atoms with E-state index in [1.54, 1.807) is 13.8 Å². The van der Waals surface area contributed by atoms with E-state index in [0.717, 1.165) is 13.2 Å². The van der Waals surface area contributed by atoms with E-state index in [2.05, 4.69) is 26.0 Å². The Bertz CT molecular complexity index is 534. The number of nitrogens with zero attached hydrogens (tertiary/aromatic N) is 1. The first-order valence-corrected chi connectivity index (χ1v) is 6.10. The van der Waals surface area contributed by atoms with Gasteiger partial charge in [0, 0.05) is 12.1 Å². The lowest BCUT2D eigenvalue weighted by Crippen LogP contribution is -2.14. The molecule has 0 radical (unpaired) electrons. The molecule has 104 valence electrons. The molecule has 1 N–H and O–H groups in total. The van der Waals surface area contributed by atoms with Gasteiger partial charge in [-0.1, -0.05) is 0 Å². The number of anilines is 1. The molecule has 0 bridgehead atoms. The minimum absolute atomic E-state index is 0.00912. The number of esters is 1. The SMILES string of the molecule is COC(=O)c1cc([N+](=O)[O-])c(NC(C)C)c(Br)c1F. The van der Waals surface area contributed by atoms with Crippen LogP contribution in [0.4, 0.5) is 15.8 Å². The molecular formula is C11H12BrFN2O4. The third-order valence-electron chi connectivity index (χ3n) is 2.22. The highest BCUT2D eigenvalue weighted by molar-refractivity contribution is 9.10. The zero-order valence-corrected chi connectivity index (χ0v) is 12.1. The van der Waals surface area contributed by atoms with Crippen LogP contribution >= 0.6 is 15.9 Å². The van der Waals surface area contributed by atoms with Crippen LogP contribution in [-0.4, -0.2) is 24.0 Å². The molecule has 0 spiro atoms. The van der Waals surface area contributed by atoms with Crippen LogP contribution in [0.15, 0.2) is 10.5 Å². The molecule has 1 rings (SSSR count). The minimum Gasteiger partial charge on any atom is -0.465 e. The molecule has 0 aromatic heterocycles. The van der Waals surface area contributed by atoms with Gasteiger partial charge in [-0.05, 0) is 29.8 Å². The fourth-order valence-electron chi connectivity index (χ4n) is 1.44. The first-order chi connectivity index (χ1) is 8.79. The second-order valence-corrected chi connectivity index (χ2v) is 4.79. The number of nitro benzene ring substituents is 1. The number of halogens is 2. The van der Waals surface area contributed by atoms with Gasteiger partial charge < -0.3 is 10.1 Å². The molecule has 19 heavy (non-hydrogen) atoms. The number of nitro groups is 1. The Morgan fingerprint density at radius 1 is 1.58 bits per heavy atom. The van der Waals surface area contributed by atoms with Crippen molar-refractivity contribution in [2.24, 2.45) is 0 Å². The van der Waals surface area contributed by atoms with E-state index < -0.39 is 28.0 Å². The number of benzene rings is 1. The van der Waals surface area contributed by atoms with Gasteiger partial charge in [0.05, 0.1) is 16.5 Å². The van der Waals surface area contributed by atoms with E-state index in [1.165, 1.54) is 0 Å². The number of ether oxygens (including phenoxy) is 1. The molecule has 1 aromatic rings. The van der Waals surface area contributed by atoms with Crippen molar-refractivity contribution in [1.82, 2.24) is 0 Å². The molecule has 0 fully saturated rings. The van der Waals surface area contributed by atoms with Crippen LogP contribution in [0, 0.1) is 15.9 Å². The zero-order valence-electron chi connectivity index (χ0n) is 10.5. The summed E-state index contributed by atoms with van der Waals surface area (Å²) in [5, 5.41) is 13.8. The molecule has 0 unspecified atom stereocenters. The van der Waals surface area contributed by atoms with Crippen LogP contribution in [0.25, 0.3) is 0 Å². The molecule has 8 heteroatoms. The second kappa shape index (κ2) is 5.96. The highest BCUT2D eigenvalue weighted by Gasteiger charge is 2.27. The summed E-state index contributed by atoms with van der Waals surface area (Å²) in [6, 6.07) is 0.717. The normalized spacial score (nSPS) is 10.4. The summed E-state index contributed by atoms with van der Waals surface area (Å²) in [6.07, 6.45) is 0. The molecule has 1 aromatic carbocycles. The Morgan fingerprint density at radius 2 is 2.16 bits per heavy atom. The summed E-state index contributed by atoms with van der Waals surface area (Å²) >= 11 is 2.93. The molecule has 6 nitrogen and oxygen atoms in total. The third-order valence-corrected chi connectivity index (χ3v) is 2.97. The molecule has 0 saturated carbocycles. The maximum absolute atomic E-state index is 14.0. The van der Waals surface area contributed by atoms with Crippen molar-refractivity contribution in [3.05, 3.63) is 32.0 Å². The van der Waals surface area contributed by atoms with E-state index in [-0.39, 0.29) is 16.2 Å². The van der Waals surface area contributed by atoms with Crippen molar-refractivity contribution in [2.75, 3.05) is 12.4 Å². The van der Waals surface area contributed by atoms with Crippen molar-refractivity contribution >= 4 is 33.3 Å². The molecule has 0 saturated heterocycles. The van der Waals surface area contributed by atoms with E-state index in [1.807, 2.05) is 0 Å². The monoisotopic (exact) mass is 334 g/mol. The Morgan fingerprint density at radius 3 is 2.58 bits per heavy atom. The van der Waals surface area contributed by atoms with Crippen LogP contribution in [0.5, 0.6) is 0 Å². The first-order valence-electron chi connectivity index (χ1n) is 5.30. The maximum Gasteiger partial charge on any atom is 0.341 e. The lowest BCUT2D eigenvalue weighted by Gasteiger charge is -2.14. The third kappa shape index (κ3) is 3.19. The zero-order chi connectivity index (χ0) is 14.7. The fraction of sp³-hybridized carbons (Fsp3) is 0.364.